The Kier molecular flexibility index (Phi) is 5.31. The van der Waals surface area contributed by atoms with E-state index in [9.17, 15) is 14.4 Å². The SMILES string of the molecule is COC(=O)c1ccc(C)c(NC(=O)c2ccc(OC(C)=O)cc2)c1. The Labute approximate surface area is 139 Å². The number of carbonyl (C=O) groups excluding carboxylic acids is 3. The van der Waals surface area contributed by atoms with Gasteiger partial charge >= 0.3 is 11.9 Å². The lowest BCUT2D eigenvalue weighted by Crippen LogP contribution is -2.13. The number of ether oxygens (including phenoxy) is 2. The topological polar surface area (TPSA) is 81.7 Å². The predicted octanol–water partition coefficient (Wildman–Crippen LogP) is 2.96. The third-order valence-corrected chi connectivity index (χ3v) is 3.28. The quantitative estimate of drug-likeness (QED) is 0.689. The molecule has 6 heteroatoms. The van der Waals surface area contributed by atoms with Crippen LogP contribution in [0.4, 0.5) is 5.69 Å². The van der Waals surface area contributed by atoms with Crippen LogP contribution in [0.25, 0.3) is 0 Å². The van der Waals surface area contributed by atoms with Crippen LogP contribution in [0.3, 0.4) is 0 Å². The van der Waals surface area contributed by atoms with Gasteiger partial charge in [0.05, 0.1) is 12.7 Å². The van der Waals surface area contributed by atoms with Crippen LogP contribution in [0.15, 0.2) is 42.5 Å². The van der Waals surface area contributed by atoms with Crippen LogP contribution in [-0.4, -0.2) is 25.0 Å². The van der Waals surface area contributed by atoms with E-state index >= 15 is 0 Å². The first-order valence-electron chi connectivity index (χ1n) is 7.19. The molecule has 0 atom stereocenters. The van der Waals surface area contributed by atoms with Gasteiger partial charge in [0.1, 0.15) is 5.75 Å². The van der Waals surface area contributed by atoms with E-state index in [0.717, 1.165) is 5.56 Å². The molecule has 0 spiro atoms. The molecule has 1 amide bonds. The van der Waals surface area contributed by atoms with Crippen LogP contribution in [0.5, 0.6) is 5.75 Å². The van der Waals surface area contributed by atoms with E-state index < -0.39 is 11.9 Å². The highest BCUT2D eigenvalue weighted by Gasteiger charge is 2.12. The Morgan fingerprint density at radius 1 is 0.958 bits per heavy atom. The zero-order valence-corrected chi connectivity index (χ0v) is 13.6. The Balaban J connectivity index is 2.17. The summed E-state index contributed by atoms with van der Waals surface area (Å²) in [4.78, 5) is 34.8. The average Bonchev–Trinajstić information content (AvgIpc) is 2.56. The molecule has 1 N–H and O–H groups in total. The summed E-state index contributed by atoms with van der Waals surface area (Å²) in [6, 6.07) is 11.1. The normalized spacial score (nSPS) is 9.96. The molecule has 0 fully saturated rings. The van der Waals surface area contributed by atoms with Crippen LogP contribution in [0, 0.1) is 6.92 Å². The molecule has 124 valence electrons. The molecule has 0 aliphatic rings. The number of benzene rings is 2. The van der Waals surface area contributed by atoms with Crippen LogP contribution in [0.2, 0.25) is 0 Å². The fourth-order valence-corrected chi connectivity index (χ4v) is 2.04. The molecule has 0 heterocycles. The summed E-state index contributed by atoms with van der Waals surface area (Å²) < 4.78 is 9.59. The maximum Gasteiger partial charge on any atom is 0.337 e. The fourth-order valence-electron chi connectivity index (χ4n) is 2.04. The molecule has 2 aromatic carbocycles. The predicted molar refractivity (Wildman–Crippen MR) is 88.2 cm³/mol. The van der Waals surface area contributed by atoms with Gasteiger partial charge in [0.15, 0.2) is 0 Å². The smallest absolute Gasteiger partial charge is 0.337 e. The van der Waals surface area contributed by atoms with Crippen LogP contribution in [0.1, 0.15) is 33.2 Å². The molecule has 24 heavy (non-hydrogen) atoms. The molecular weight excluding hydrogens is 310 g/mol. The summed E-state index contributed by atoms with van der Waals surface area (Å²) in [6.45, 7) is 3.12. The third kappa shape index (κ3) is 4.19. The number of hydrogen-bond acceptors (Lipinski definition) is 5. The Morgan fingerprint density at radius 3 is 2.17 bits per heavy atom. The minimum atomic E-state index is -0.476. The van der Waals surface area contributed by atoms with Crippen molar-refractivity contribution in [2.75, 3.05) is 12.4 Å². The van der Waals surface area contributed by atoms with Crippen molar-refractivity contribution in [3.05, 3.63) is 59.2 Å². The lowest BCUT2D eigenvalue weighted by molar-refractivity contribution is -0.131. The largest absolute Gasteiger partial charge is 0.465 e. The van der Waals surface area contributed by atoms with Gasteiger partial charge in [0.2, 0.25) is 0 Å². The van der Waals surface area contributed by atoms with E-state index in [1.165, 1.54) is 26.2 Å². The minimum absolute atomic E-state index is 0.338. The average molecular weight is 327 g/mol. The lowest BCUT2D eigenvalue weighted by Gasteiger charge is -2.10. The Morgan fingerprint density at radius 2 is 1.58 bits per heavy atom. The second kappa shape index (κ2) is 7.41. The van der Waals surface area contributed by atoms with E-state index in [4.69, 9.17) is 4.74 Å². The van der Waals surface area contributed by atoms with Crippen molar-refractivity contribution >= 4 is 23.5 Å². The second-order valence-corrected chi connectivity index (χ2v) is 5.09. The summed E-state index contributed by atoms with van der Waals surface area (Å²) in [5, 5.41) is 2.75. The molecule has 2 rings (SSSR count). The van der Waals surface area contributed by atoms with Crippen molar-refractivity contribution < 1.29 is 23.9 Å². The maximum absolute atomic E-state index is 12.3. The third-order valence-electron chi connectivity index (χ3n) is 3.28. The molecular formula is C18H17NO5. The fraction of sp³-hybridized carbons (Fsp3) is 0.167. The second-order valence-electron chi connectivity index (χ2n) is 5.09. The molecule has 0 saturated carbocycles. The van der Waals surface area contributed by atoms with E-state index in [-0.39, 0.29) is 5.91 Å². The van der Waals surface area contributed by atoms with Crippen molar-refractivity contribution in [3.63, 3.8) is 0 Å². The highest BCUT2D eigenvalue weighted by molar-refractivity contribution is 6.05. The monoisotopic (exact) mass is 327 g/mol. The minimum Gasteiger partial charge on any atom is -0.465 e. The molecule has 0 unspecified atom stereocenters. The first-order chi connectivity index (χ1) is 11.4. The van der Waals surface area contributed by atoms with Gasteiger partial charge < -0.3 is 14.8 Å². The number of methoxy groups -OCH3 is 1. The number of rotatable bonds is 4. The number of anilines is 1. The van der Waals surface area contributed by atoms with E-state index in [2.05, 4.69) is 10.1 Å². The number of aryl methyl sites for hydroxylation is 1. The Bertz CT molecular complexity index is 780. The molecule has 0 radical (unpaired) electrons. The van der Waals surface area contributed by atoms with Gasteiger partial charge in [-0.05, 0) is 48.9 Å². The van der Waals surface area contributed by atoms with E-state index in [1.807, 2.05) is 6.92 Å². The summed E-state index contributed by atoms with van der Waals surface area (Å²) in [6.07, 6.45) is 0. The van der Waals surface area contributed by atoms with Crippen molar-refractivity contribution in [3.8, 4) is 5.75 Å². The molecule has 0 bridgehead atoms. The van der Waals surface area contributed by atoms with Crippen molar-refractivity contribution in [2.24, 2.45) is 0 Å². The van der Waals surface area contributed by atoms with Crippen molar-refractivity contribution in [2.45, 2.75) is 13.8 Å². The number of esters is 2. The van der Waals surface area contributed by atoms with Gasteiger partial charge in [-0.3, -0.25) is 9.59 Å². The standard InChI is InChI=1S/C18H17NO5/c1-11-4-5-14(18(22)23-3)10-16(11)19-17(21)13-6-8-15(9-7-13)24-12(2)20/h4-10H,1-3H3,(H,19,21). The summed E-state index contributed by atoms with van der Waals surface area (Å²) >= 11 is 0. The first kappa shape index (κ1) is 17.2. The van der Waals surface area contributed by atoms with Gasteiger partial charge in [-0.15, -0.1) is 0 Å². The molecule has 0 saturated heterocycles. The highest BCUT2D eigenvalue weighted by atomic mass is 16.5. The summed E-state index contributed by atoms with van der Waals surface area (Å²) in [5.41, 5.74) is 2.08. The molecule has 6 nitrogen and oxygen atoms in total. The summed E-state index contributed by atoms with van der Waals surface area (Å²) in [7, 11) is 1.30. The van der Waals surface area contributed by atoms with Gasteiger partial charge in [-0.2, -0.15) is 0 Å². The van der Waals surface area contributed by atoms with Crippen molar-refractivity contribution in [1.29, 1.82) is 0 Å². The molecule has 0 aliphatic heterocycles. The van der Waals surface area contributed by atoms with Crippen molar-refractivity contribution in [1.82, 2.24) is 0 Å². The van der Waals surface area contributed by atoms with Gasteiger partial charge in [0, 0.05) is 18.2 Å². The summed E-state index contributed by atoms with van der Waals surface area (Å²) in [5.74, 6) is -0.879. The number of hydrogen-bond donors (Lipinski definition) is 1. The van der Waals surface area contributed by atoms with E-state index in [1.54, 1.807) is 30.3 Å². The van der Waals surface area contributed by atoms with Crippen LogP contribution in [-0.2, 0) is 9.53 Å². The van der Waals surface area contributed by atoms with Crippen LogP contribution >= 0.6 is 0 Å². The molecule has 2 aromatic rings. The van der Waals surface area contributed by atoms with Gasteiger partial charge in [-0.25, -0.2) is 4.79 Å². The molecule has 0 aromatic heterocycles. The first-order valence-corrected chi connectivity index (χ1v) is 7.19. The molecule has 0 aliphatic carbocycles. The zero-order valence-electron chi connectivity index (χ0n) is 13.6. The number of nitrogens with one attached hydrogen (secondary N) is 1. The van der Waals surface area contributed by atoms with Crippen LogP contribution < -0.4 is 10.1 Å². The van der Waals surface area contributed by atoms with Gasteiger partial charge in [-0.1, -0.05) is 6.07 Å². The van der Waals surface area contributed by atoms with E-state index in [0.29, 0.717) is 22.6 Å². The lowest BCUT2D eigenvalue weighted by atomic mass is 10.1. The number of carbonyl (C=O) groups is 3. The zero-order chi connectivity index (χ0) is 17.7. The Hall–Kier alpha value is -3.15. The van der Waals surface area contributed by atoms with Gasteiger partial charge in [0.25, 0.3) is 5.91 Å². The highest BCUT2D eigenvalue weighted by Crippen LogP contribution is 2.19. The maximum atomic E-state index is 12.3. The number of amides is 1.